The molecule has 2 aromatic rings. The van der Waals surface area contributed by atoms with Crippen LogP contribution in [-0.4, -0.2) is 16.1 Å². The summed E-state index contributed by atoms with van der Waals surface area (Å²) in [4.78, 5) is 10.8. The number of hydrogen-bond donors (Lipinski definition) is 0. The van der Waals surface area contributed by atoms with Gasteiger partial charge in [0.15, 0.2) is 6.29 Å². The summed E-state index contributed by atoms with van der Waals surface area (Å²) in [5, 5.41) is 4.31. The Morgan fingerprint density at radius 3 is 2.65 bits per heavy atom. The molecule has 0 N–H and O–H groups in total. The molecule has 0 unspecified atom stereocenters. The summed E-state index contributed by atoms with van der Waals surface area (Å²) in [6.07, 6.45) is 0.790. The minimum Gasteiger partial charge on any atom is -0.296 e. The standard InChI is InChI=1S/C14H16N2O/c1-10(2)14-8-12(9-17)15-16(14)13-6-4-5-11(3)7-13/h4-10H,1-3H3. The summed E-state index contributed by atoms with van der Waals surface area (Å²) in [6, 6.07) is 9.95. The lowest BCUT2D eigenvalue weighted by atomic mass is 10.1. The number of rotatable bonds is 3. The van der Waals surface area contributed by atoms with Crippen molar-refractivity contribution in [2.75, 3.05) is 0 Å². The molecule has 0 saturated carbocycles. The highest BCUT2D eigenvalue weighted by Gasteiger charge is 2.12. The van der Waals surface area contributed by atoms with Crippen molar-refractivity contribution in [3.63, 3.8) is 0 Å². The van der Waals surface area contributed by atoms with E-state index in [-0.39, 0.29) is 0 Å². The van der Waals surface area contributed by atoms with Crippen molar-refractivity contribution in [2.45, 2.75) is 26.7 Å². The van der Waals surface area contributed by atoms with Gasteiger partial charge in [0.05, 0.1) is 5.69 Å². The second kappa shape index (κ2) is 4.53. The lowest BCUT2D eigenvalue weighted by molar-refractivity contribution is 0.111. The first-order chi connectivity index (χ1) is 8.11. The third-order valence-electron chi connectivity index (χ3n) is 2.71. The predicted molar refractivity (Wildman–Crippen MR) is 67.8 cm³/mol. The molecule has 0 atom stereocenters. The highest BCUT2D eigenvalue weighted by Crippen LogP contribution is 2.20. The van der Waals surface area contributed by atoms with E-state index in [2.05, 4.69) is 25.0 Å². The van der Waals surface area contributed by atoms with Gasteiger partial charge in [-0.3, -0.25) is 4.79 Å². The first-order valence-corrected chi connectivity index (χ1v) is 5.74. The minimum atomic E-state index is 0.330. The number of hydrogen-bond acceptors (Lipinski definition) is 2. The van der Waals surface area contributed by atoms with Crippen molar-refractivity contribution in [1.29, 1.82) is 0 Å². The molecular formula is C14H16N2O. The van der Waals surface area contributed by atoms with Crippen LogP contribution in [0.25, 0.3) is 5.69 Å². The molecule has 88 valence electrons. The number of nitrogens with zero attached hydrogens (tertiary/aromatic N) is 2. The van der Waals surface area contributed by atoms with Crippen LogP contribution in [0.2, 0.25) is 0 Å². The fourth-order valence-corrected chi connectivity index (χ4v) is 1.85. The van der Waals surface area contributed by atoms with E-state index in [1.807, 2.05) is 35.9 Å². The van der Waals surface area contributed by atoms with Crippen molar-refractivity contribution in [3.05, 3.63) is 47.3 Å². The maximum Gasteiger partial charge on any atom is 0.170 e. The SMILES string of the molecule is Cc1cccc(-n2nc(C=O)cc2C(C)C)c1. The van der Waals surface area contributed by atoms with Crippen LogP contribution >= 0.6 is 0 Å². The highest BCUT2D eigenvalue weighted by atomic mass is 16.1. The van der Waals surface area contributed by atoms with Gasteiger partial charge >= 0.3 is 0 Å². The van der Waals surface area contributed by atoms with Gasteiger partial charge in [0.2, 0.25) is 0 Å². The molecule has 1 aromatic heterocycles. The average Bonchev–Trinajstić information content (AvgIpc) is 2.73. The monoisotopic (exact) mass is 228 g/mol. The van der Waals surface area contributed by atoms with E-state index in [0.717, 1.165) is 17.7 Å². The van der Waals surface area contributed by atoms with Crippen LogP contribution in [0.4, 0.5) is 0 Å². The highest BCUT2D eigenvalue weighted by molar-refractivity contribution is 5.72. The summed E-state index contributed by atoms with van der Waals surface area (Å²) in [7, 11) is 0. The Labute approximate surface area is 101 Å². The lowest BCUT2D eigenvalue weighted by Gasteiger charge is -2.10. The number of aryl methyl sites for hydroxylation is 1. The van der Waals surface area contributed by atoms with Gasteiger partial charge in [-0.15, -0.1) is 0 Å². The second-order valence-corrected chi connectivity index (χ2v) is 4.52. The van der Waals surface area contributed by atoms with Crippen LogP contribution in [0.1, 0.15) is 41.5 Å². The number of aldehydes is 1. The Morgan fingerprint density at radius 1 is 1.29 bits per heavy atom. The molecule has 3 nitrogen and oxygen atoms in total. The van der Waals surface area contributed by atoms with Crippen LogP contribution < -0.4 is 0 Å². The maximum absolute atomic E-state index is 10.8. The first-order valence-electron chi connectivity index (χ1n) is 5.74. The molecule has 0 aliphatic heterocycles. The maximum atomic E-state index is 10.8. The molecule has 1 heterocycles. The van der Waals surface area contributed by atoms with Gasteiger partial charge in [0.1, 0.15) is 5.69 Å². The Bertz CT molecular complexity index is 541. The molecule has 0 aliphatic rings. The largest absolute Gasteiger partial charge is 0.296 e. The normalized spacial score (nSPS) is 10.8. The van der Waals surface area contributed by atoms with E-state index in [4.69, 9.17) is 0 Å². The molecule has 0 spiro atoms. The molecule has 17 heavy (non-hydrogen) atoms. The third-order valence-corrected chi connectivity index (χ3v) is 2.71. The molecule has 0 aliphatic carbocycles. The molecule has 1 aromatic carbocycles. The van der Waals surface area contributed by atoms with E-state index in [0.29, 0.717) is 11.6 Å². The second-order valence-electron chi connectivity index (χ2n) is 4.52. The summed E-state index contributed by atoms with van der Waals surface area (Å²) >= 11 is 0. The van der Waals surface area contributed by atoms with Gasteiger partial charge in [0.25, 0.3) is 0 Å². The van der Waals surface area contributed by atoms with Crippen LogP contribution in [-0.2, 0) is 0 Å². The average molecular weight is 228 g/mol. The van der Waals surface area contributed by atoms with Crippen LogP contribution in [0.15, 0.2) is 30.3 Å². The van der Waals surface area contributed by atoms with Gasteiger partial charge < -0.3 is 0 Å². The van der Waals surface area contributed by atoms with Crippen molar-refractivity contribution >= 4 is 6.29 Å². The molecule has 3 heteroatoms. The van der Waals surface area contributed by atoms with E-state index in [1.165, 1.54) is 5.56 Å². The zero-order chi connectivity index (χ0) is 12.4. The van der Waals surface area contributed by atoms with Crippen molar-refractivity contribution in [3.8, 4) is 5.69 Å². The first kappa shape index (κ1) is 11.6. The van der Waals surface area contributed by atoms with Crippen molar-refractivity contribution in [1.82, 2.24) is 9.78 Å². The van der Waals surface area contributed by atoms with E-state index >= 15 is 0 Å². The summed E-state index contributed by atoms with van der Waals surface area (Å²) in [5.74, 6) is 0.330. The van der Waals surface area contributed by atoms with Gasteiger partial charge in [-0.2, -0.15) is 5.10 Å². The number of carbonyl (C=O) groups excluding carboxylic acids is 1. The van der Waals surface area contributed by atoms with E-state index in [1.54, 1.807) is 0 Å². The van der Waals surface area contributed by atoms with E-state index < -0.39 is 0 Å². The van der Waals surface area contributed by atoms with Crippen LogP contribution in [0.5, 0.6) is 0 Å². The Hall–Kier alpha value is -1.90. The summed E-state index contributed by atoms with van der Waals surface area (Å²) in [5.41, 5.74) is 3.72. The molecule has 0 saturated heterocycles. The van der Waals surface area contributed by atoms with Gasteiger partial charge in [-0.05, 0) is 36.6 Å². The Morgan fingerprint density at radius 2 is 2.06 bits per heavy atom. The number of aromatic nitrogens is 2. The van der Waals surface area contributed by atoms with Gasteiger partial charge in [-0.25, -0.2) is 4.68 Å². The molecule has 0 radical (unpaired) electrons. The smallest absolute Gasteiger partial charge is 0.170 e. The Kier molecular flexibility index (Phi) is 3.09. The van der Waals surface area contributed by atoms with Crippen molar-refractivity contribution < 1.29 is 4.79 Å². The van der Waals surface area contributed by atoms with Crippen LogP contribution in [0.3, 0.4) is 0 Å². The van der Waals surface area contributed by atoms with Gasteiger partial charge in [0, 0.05) is 5.69 Å². The fraction of sp³-hybridized carbons (Fsp3) is 0.286. The summed E-state index contributed by atoms with van der Waals surface area (Å²) in [6.45, 7) is 6.23. The number of benzene rings is 1. The molecule has 0 amide bonds. The predicted octanol–water partition coefficient (Wildman–Crippen LogP) is 3.12. The summed E-state index contributed by atoms with van der Waals surface area (Å²) < 4.78 is 1.85. The number of carbonyl (C=O) groups is 1. The molecule has 2 rings (SSSR count). The van der Waals surface area contributed by atoms with Crippen LogP contribution in [0, 0.1) is 6.92 Å². The quantitative estimate of drug-likeness (QED) is 0.756. The van der Waals surface area contributed by atoms with E-state index in [9.17, 15) is 4.79 Å². The molecular weight excluding hydrogens is 212 g/mol. The van der Waals surface area contributed by atoms with Gasteiger partial charge in [-0.1, -0.05) is 26.0 Å². The third kappa shape index (κ3) is 2.28. The minimum absolute atomic E-state index is 0.330. The molecule has 0 bridgehead atoms. The lowest BCUT2D eigenvalue weighted by Crippen LogP contribution is -2.03. The molecule has 0 fully saturated rings. The fourth-order valence-electron chi connectivity index (χ4n) is 1.85. The van der Waals surface area contributed by atoms with Crippen molar-refractivity contribution in [2.24, 2.45) is 0 Å². The zero-order valence-electron chi connectivity index (χ0n) is 10.3. The Balaban J connectivity index is 2.57. The topological polar surface area (TPSA) is 34.9 Å². The zero-order valence-corrected chi connectivity index (χ0v) is 10.3.